The second kappa shape index (κ2) is 5.70. The van der Waals surface area contributed by atoms with Gasteiger partial charge in [-0.25, -0.2) is 9.78 Å². The van der Waals surface area contributed by atoms with Crippen molar-refractivity contribution >= 4 is 44.3 Å². The van der Waals surface area contributed by atoms with E-state index in [1.807, 2.05) is 44.2 Å². The molecular formula is C16H12BrNO3S. The van der Waals surface area contributed by atoms with Crippen molar-refractivity contribution in [3.05, 3.63) is 45.2 Å². The van der Waals surface area contributed by atoms with Gasteiger partial charge in [0.25, 0.3) is 0 Å². The predicted octanol–water partition coefficient (Wildman–Crippen LogP) is 5.40. The molecule has 0 aliphatic rings. The Hall–Kier alpha value is -1.92. The topological polar surface area (TPSA) is 59.4 Å². The molecule has 0 atom stereocenters. The first kappa shape index (κ1) is 15.0. The lowest BCUT2D eigenvalue weighted by atomic mass is 10.1. The fourth-order valence-electron chi connectivity index (χ4n) is 2.35. The van der Waals surface area contributed by atoms with Crippen LogP contribution in [0, 0.1) is 13.8 Å². The fourth-order valence-corrected chi connectivity index (χ4v) is 3.80. The molecule has 0 radical (unpaired) electrons. The van der Waals surface area contributed by atoms with Crippen molar-refractivity contribution in [3.8, 4) is 16.3 Å². The van der Waals surface area contributed by atoms with Crippen LogP contribution < -0.4 is 4.74 Å². The average Bonchev–Trinajstić information content (AvgIpc) is 2.88. The van der Waals surface area contributed by atoms with Gasteiger partial charge in [-0.2, -0.15) is 0 Å². The van der Waals surface area contributed by atoms with E-state index in [0.717, 1.165) is 15.0 Å². The van der Waals surface area contributed by atoms with Crippen molar-refractivity contribution in [2.75, 3.05) is 0 Å². The van der Waals surface area contributed by atoms with E-state index < -0.39 is 6.16 Å². The highest BCUT2D eigenvalue weighted by molar-refractivity contribution is 9.10. The zero-order valence-electron chi connectivity index (χ0n) is 11.9. The summed E-state index contributed by atoms with van der Waals surface area (Å²) in [7, 11) is 0. The van der Waals surface area contributed by atoms with Crippen LogP contribution in [0.5, 0.6) is 5.75 Å². The molecule has 0 aliphatic carbocycles. The lowest BCUT2D eigenvalue weighted by molar-refractivity contribution is 0.144. The summed E-state index contributed by atoms with van der Waals surface area (Å²) >= 11 is 5.06. The molecule has 2 aromatic heterocycles. The summed E-state index contributed by atoms with van der Waals surface area (Å²) in [6, 6.07) is 9.56. The van der Waals surface area contributed by atoms with Gasteiger partial charge in [-0.05, 0) is 54.0 Å². The van der Waals surface area contributed by atoms with Crippen molar-refractivity contribution in [1.82, 2.24) is 4.98 Å². The quantitative estimate of drug-likeness (QED) is 0.607. The highest BCUT2D eigenvalue weighted by atomic mass is 79.9. The van der Waals surface area contributed by atoms with Crippen molar-refractivity contribution < 1.29 is 14.6 Å². The van der Waals surface area contributed by atoms with Crippen molar-refractivity contribution in [2.45, 2.75) is 13.8 Å². The van der Waals surface area contributed by atoms with E-state index in [0.29, 0.717) is 22.2 Å². The maximum atomic E-state index is 11.1. The zero-order chi connectivity index (χ0) is 15.9. The SMILES string of the molecule is Cc1ccc(-c2nc3cccc(Br)c3c(OC(=O)O)c2C)s1. The third-order valence-electron chi connectivity index (χ3n) is 3.31. The Labute approximate surface area is 139 Å². The number of halogens is 1. The third kappa shape index (κ3) is 2.60. The van der Waals surface area contributed by atoms with Crippen LogP contribution in [0.2, 0.25) is 0 Å². The van der Waals surface area contributed by atoms with Gasteiger partial charge in [-0.15, -0.1) is 11.3 Å². The molecule has 0 amide bonds. The molecule has 0 fully saturated rings. The number of thiophene rings is 1. The number of fused-ring (bicyclic) bond motifs is 1. The van der Waals surface area contributed by atoms with Crippen LogP contribution in [0.3, 0.4) is 0 Å². The molecule has 1 aromatic carbocycles. The van der Waals surface area contributed by atoms with E-state index >= 15 is 0 Å². The number of hydrogen-bond donors (Lipinski definition) is 1. The maximum Gasteiger partial charge on any atom is 0.511 e. The Morgan fingerprint density at radius 2 is 2.05 bits per heavy atom. The van der Waals surface area contributed by atoms with Gasteiger partial charge in [0.15, 0.2) is 0 Å². The first-order chi connectivity index (χ1) is 10.5. The zero-order valence-corrected chi connectivity index (χ0v) is 14.3. The summed E-state index contributed by atoms with van der Waals surface area (Å²) in [6.45, 7) is 3.85. The number of aryl methyl sites for hydroxylation is 1. The molecule has 2 heterocycles. The van der Waals surface area contributed by atoms with Gasteiger partial charge >= 0.3 is 6.16 Å². The Bertz CT molecular complexity index is 888. The number of ether oxygens (including phenoxy) is 1. The molecule has 112 valence electrons. The van der Waals surface area contributed by atoms with E-state index in [4.69, 9.17) is 14.8 Å². The van der Waals surface area contributed by atoms with Gasteiger partial charge in [0.2, 0.25) is 0 Å². The molecular weight excluding hydrogens is 366 g/mol. The molecule has 3 rings (SSSR count). The summed E-state index contributed by atoms with van der Waals surface area (Å²) in [4.78, 5) is 17.9. The normalized spacial score (nSPS) is 10.9. The smallest absolute Gasteiger partial charge is 0.449 e. The highest BCUT2D eigenvalue weighted by Gasteiger charge is 2.19. The molecule has 3 aromatic rings. The molecule has 6 heteroatoms. The molecule has 0 saturated carbocycles. The van der Waals surface area contributed by atoms with Gasteiger partial charge in [-0.1, -0.05) is 6.07 Å². The first-order valence-electron chi connectivity index (χ1n) is 6.54. The van der Waals surface area contributed by atoms with E-state index in [2.05, 4.69) is 15.9 Å². The van der Waals surface area contributed by atoms with Crippen molar-refractivity contribution in [1.29, 1.82) is 0 Å². The van der Waals surface area contributed by atoms with E-state index in [1.54, 1.807) is 11.3 Å². The van der Waals surface area contributed by atoms with Crippen LogP contribution >= 0.6 is 27.3 Å². The predicted molar refractivity (Wildman–Crippen MR) is 90.9 cm³/mol. The van der Waals surface area contributed by atoms with Gasteiger partial charge in [0.05, 0.1) is 21.5 Å². The number of nitrogens with zero attached hydrogens (tertiary/aromatic N) is 1. The standard InChI is InChI=1S/C16H12BrNO3S/c1-8-6-7-12(22-8)14-9(2)15(21-16(19)20)13-10(17)4-3-5-11(13)18-14/h3-7H,1-2H3,(H,19,20). The number of aromatic nitrogens is 1. The Balaban J connectivity index is 2.36. The minimum absolute atomic E-state index is 0.325. The maximum absolute atomic E-state index is 11.1. The van der Waals surface area contributed by atoms with Gasteiger partial charge in [0.1, 0.15) is 5.75 Å². The fraction of sp³-hybridized carbons (Fsp3) is 0.125. The highest BCUT2D eigenvalue weighted by Crippen LogP contribution is 2.40. The lowest BCUT2D eigenvalue weighted by Crippen LogP contribution is -2.06. The van der Waals surface area contributed by atoms with E-state index in [-0.39, 0.29) is 0 Å². The first-order valence-corrected chi connectivity index (χ1v) is 8.14. The lowest BCUT2D eigenvalue weighted by Gasteiger charge is -2.13. The number of rotatable bonds is 2. The second-order valence-electron chi connectivity index (χ2n) is 4.83. The Kier molecular flexibility index (Phi) is 3.88. The summed E-state index contributed by atoms with van der Waals surface area (Å²) in [5.41, 5.74) is 2.15. The molecule has 0 saturated heterocycles. The molecule has 22 heavy (non-hydrogen) atoms. The second-order valence-corrected chi connectivity index (χ2v) is 6.97. The molecule has 4 nitrogen and oxygen atoms in total. The summed E-state index contributed by atoms with van der Waals surface area (Å²) in [5.74, 6) is 0.325. The van der Waals surface area contributed by atoms with Crippen LogP contribution in [-0.2, 0) is 0 Å². The largest absolute Gasteiger partial charge is 0.511 e. The Morgan fingerprint density at radius 1 is 1.27 bits per heavy atom. The number of carbonyl (C=O) groups is 1. The van der Waals surface area contributed by atoms with Gasteiger partial charge in [0, 0.05) is 14.9 Å². The van der Waals surface area contributed by atoms with Crippen molar-refractivity contribution in [2.24, 2.45) is 0 Å². The van der Waals surface area contributed by atoms with Crippen LogP contribution in [-0.4, -0.2) is 16.2 Å². The van der Waals surface area contributed by atoms with E-state index in [1.165, 1.54) is 4.88 Å². The average molecular weight is 378 g/mol. The summed E-state index contributed by atoms with van der Waals surface area (Å²) in [5, 5.41) is 9.72. The monoisotopic (exact) mass is 377 g/mol. The molecule has 0 unspecified atom stereocenters. The summed E-state index contributed by atoms with van der Waals surface area (Å²) < 4.78 is 5.81. The van der Waals surface area contributed by atoms with Crippen LogP contribution in [0.4, 0.5) is 4.79 Å². The minimum atomic E-state index is -1.33. The number of carboxylic acid groups (broad SMARTS) is 1. The van der Waals surface area contributed by atoms with E-state index in [9.17, 15) is 4.79 Å². The van der Waals surface area contributed by atoms with Crippen LogP contribution in [0.15, 0.2) is 34.8 Å². The Morgan fingerprint density at radius 3 is 2.68 bits per heavy atom. The van der Waals surface area contributed by atoms with Crippen LogP contribution in [0.25, 0.3) is 21.5 Å². The van der Waals surface area contributed by atoms with Crippen LogP contribution in [0.1, 0.15) is 10.4 Å². The molecule has 0 aliphatic heterocycles. The van der Waals surface area contributed by atoms with Gasteiger partial charge < -0.3 is 9.84 Å². The number of hydrogen-bond acceptors (Lipinski definition) is 4. The third-order valence-corrected chi connectivity index (χ3v) is 4.98. The number of benzene rings is 1. The number of pyridine rings is 1. The van der Waals surface area contributed by atoms with Crippen molar-refractivity contribution in [3.63, 3.8) is 0 Å². The molecule has 1 N–H and O–H groups in total. The summed E-state index contributed by atoms with van der Waals surface area (Å²) in [6.07, 6.45) is -1.33. The molecule has 0 bridgehead atoms. The van der Waals surface area contributed by atoms with Gasteiger partial charge in [-0.3, -0.25) is 0 Å². The minimum Gasteiger partial charge on any atom is -0.449 e. The molecule has 0 spiro atoms.